The van der Waals surface area contributed by atoms with Crippen molar-refractivity contribution in [3.63, 3.8) is 0 Å². The van der Waals surface area contributed by atoms with Crippen molar-refractivity contribution in [2.24, 2.45) is 5.73 Å². The van der Waals surface area contributed by atoms with E-state index < -0.39 is 88.8 Å². The number of benzene rings is 6. The zero-order valence-electron chi connectivity index (χ0n) is 64.3. The molecule has 0 aliphatic heterocycles. The Kier molecular flexibility index (Phi) is 34.7. The molecular formula is C81H84BBrCl5F6N13O11S3. The Balaban J connectivity index is 0.000000201. The molecule has 0 radical (unpaired) electrons. The summed E-state index contributed by atoms with van der Waals surface area (Å²) in [6.45, 7) is 0. The van der Waals surface area contributed by atoms with Crippen LogP contribution in [0, 0.1) is 34.9 Å². The van der Waals surface area contributed by atoms with E-state index in [1.807, 2.05) is 0 Å². The molecule has 14 rings (SSSR count). The molecule has 0 saturated heterocycles. The van der Waals surface area contributed by atoms with Crippen LogP contribution >= 0.6 is 73.9 Å². The van der Waals surface area contributed by atoms with Crippen molar-refractivity contribution < 1.29 is 75.9 Å². The molecule has 644 valence electrons. The van der Waals surface area contributed by atoms with Crippen molar-refractivity contribution in [2.75, 3.05) is 54.8 Å². The lowest BCUT2D eigenvalue weighted by Crippen LogP contribution is -2.36. The van der Waals surface area contributed by atoms with Crippen LogP contribution in [0.1, 0.15) is 83.3 Å². The number of pyridine rings is 3. The number of hydrogen-bond acceptors (Lipinski definition) is 24. The van der Waals surface area contributed by atoms with E-state index in [0.29, 0.717) is 38.7 Å². The fourth-order valence-corrected chi connectivity index (χ4v) is 19.2. The van der Waals surface area contributed by atoms with Crippen molar-refractivity contribution in [3.05, 3.63) is 228 Å². The van der Waals surface area contributed by atoms with Crippen molar-refractivity contribution in [1.82, 2.24) is 54.7 Å². The molecule has 6 aromatic carbocycles. The third-order valence-electron chi connectivity index (χ3n) is 19.1. The minimum atomic E-state index is -4.00. The summed E-state index contributed by atoms with van der Waals surface area (Å²) in [4.78, 5) is 40.1. The van der Waals surface area contributed by atoms with Gasteiger partial charge in [0.15, 0.2) is 29.5 Å². The second-order valence-corrected chi connectivity index (χ2v) is 36.3. The summed E-state index contributed by atoms with van der Waals surface area (Å²) in [7, 11) is -1.07. The van der Waals surface area contributed by atoms with Crippen LogP contribution in [-0.2, 0) is 46.8 Å². The number of rotatable bonds is 19. The predicted molar refractivity (Wildman–Crippen MR) is 464 cm³/mol. The highest BCUT2D eigenvalue weighted by atomic mass is 79.9. The largest absolute Gasteiger partial charge is 0.488 e. The molecule has 0 bridgehead atoms. The average molecular weight is 1890 g/mol. The van der Waals surface area contributed by atoms with E-state index >= 15 is 8.78 Å². The minimum absolute atomic E-state index is 0. The summed E-state index contributed by atoms with van der Waals surface area (Å²) in [5.74, 6) is -6.24. The van der Waals surface area contributed by atoms with E-state index in [9.17, 15) is 42.8 Å². The summed E-state index contributed by atoms with van der Waals surface area (Å²) < 4.78 is 179. The molecule has 0 unspecified atom stereocenters. The number of nitrogens with zero attached hydrogens (tertiary/aromatic N) is 11. The van der Waals surface area contributed by atoms with Gasteiger partial charge >= 0.3 is 7.12 Å². The van der Waals surface area contributed by atoms with Crippen molar-refractivity contribution in [1.29, 1.82) is 0 Å². The van der Waals surface area contributed by atoms with Crippen LogP contribution in [0.15, 0.2) is 165 Å². The second kappa shape index (κ2) is 43.0. The molecule has 12 aromatic rings. The maximum Gasteiger partial charge on any atom is 0.488 e. The number of aromatic nitrogens is 9. The number of nitrogens with one attached hydrogen (secondary N) is 1. The van der Waals surface area contributed by atoms with Crippen LogP contribution in [0.5, 0.6) is 17.6 Å². The molecule has 6 heterocycles. The maximum absolute atomic E-state index is 15.3. The fraction of sp³-hybridized carbons (Fsp3) is 0.296. The van der Waals surface area contributed by atoms with Crippen molar-refractivity contribution >= 4 is 155 Å². The van der Waals surface area contributed by atoms with E-state index in [4.69, 9.17) is 88.0 Å². The van der Waals surface area contributed by atoms with Crippen LogP contribution in [0.3, 0.4) is 0 Å². The molecule has 24 nitrogen and oxygen atoms in total. The molecular weight excluding hydrogens is 1810 g/mol. The zero-order valence-corrected chi connectivity index (χ0v) is 72.2. The molecule has 121 heavy (non-hydrogen) atoms. The zero-order chi connectivity index (χ0) is 86.5. The monoisotopic (exact) mass is 1890 g/mol. The van der Waals surface area contributed by atoms with Crippen LogP contribution < -0.4 is 30.7 Å². The number of anilines is 1. The first-order chi connectivity index (χ1) is 56.4. The Bertz CT molecular complexity index is 6070. The summed E-state index contributed by atoms with van der Waals surface area (Å²) in [5.41, 5.74) is 5.89. The highest BCUT2D eigenvalue weighted by Crippen LogP contribution is 2.39. The summed E-state index contributed by atoms with van der Waals surface area (Å²) in [6, 6.07) is 30.9. The third-order valence-corrected chi connectivity index (χ3v) is 26.4. The van der Waals surface area contributed by atoms with Gasteiger partial charge in [-0.1, -0.05) is 92.1 Å². The van der Waals surface area contributed by atoms with Crippen molar-refractivity contribution in [2.45, 2.75) is 122 Å². The van der Waals surface area contributed by atoms with Crippen LogP contribution in [0.2, 0.25) is 25.6 Å². The van der Waals surface area contributed by atoms with Crippen LogP contribution in [-0.4, -0.2) is 171 Å². The molecule has 2 fully saturated rings. The first-order valence-electron chi connectivity index (χ1n) is 36.1. The van der Waals surface area contributed by atoms with E-state index in [1.54, 1.807) is 30.3 Å². The first kappa shape index (κ1) is 97.7. The van der Waals surface area contributed by atoms with Gasteiger partial charge in [0.1, 0.15) is 68.7 Å². The highest BCUT2D eigenvalue weighted by Gasteiger charge is 2.30. The molecule has 5 N–H and O–H groups in total. The van der Waals surface area contributed by atoms with E-state index in [0.717, 1.165) is 62.1 Å². The Morgan fingerprint density at radius 3 is 1.19 bits per heavy atom. The number of ether oxygens (including phenoxy) is 3. The lowest BCUT2D eigenvalue weighted by Gasteiger charge is -2.32. The molecule has 2 saturated carbocycles. The Morgan fingerprint density at radius 2 is 0.810 bits per heavy atom. The molecule has 2 aliphatic carbocycles. The van der Waals surface area contributed by atoms with Gasteiger partial charge in [-0.15, -0.1) is 0 Å². The second-order valence-electron chi connectivity index (χ2n) is 27.6. The third kappa shape index (κ3) is 25.0. The number of hydrogen-bond donors (Lipinski definition) is 4. The predicted octanol–water partition coefficient (Wildman–Crippen LogP) is 17.0. The van der Waals surface area contributed by atoms with E-state index in [-0.39, 0.29) is 140 Å². The molecule has 0 spiro atoms. The van der Waals surface area contributed by atoms with Gasteiger partial charge in [0, 0.05) is 70.0 Å². The van der Waals surface area contributed by atoms with Gasteiger partial charge in [-0.25, -0.2) is 96.5 Å². The van der Waals surface area contributed by atoms with Gasteiger partial charge in [0.2, 0.25) is 34.2 Å². The SMILES string of the molecule is C.C.CN(C)C1CCC(N)CC1.COc1nc(CS(=O)(=O)c2ccccc2Cl)c(F)cc1-c1cc(F)c2nc(Cl)ncc2c1.COc1nc(CS(=O)(=O)c2ccccc2Cl)c(F)cc1-c1cc(F)c2nc(NC3CCC(N(C)C)CC3)ncc2c1.COc1nc(CS(=O)(=O)c2ccccc2Cl)c(F)cc1Br.OB(O)c1cc(F)c2nc(Cl)ncc2c1. The number of sulfone groups is 3. The summed E-state index contributed by atoms with van der Waals surface area (Å²) in [6.07, 6.45) is 13.2. The van der Waals surface area contributed by atoms with Gasteiger partial charge < -0.3 is 45.1 Å². The number of halogens is 12. The van der Waals surface area contributed by atoms with E-state index in [2.05, 4.69) is 104 Å². The smallest absolute Gasteiger partial charge is 0.481 e. The number of nitrogens with two attached hydrogens (primary N) is 1. The Hall–Kier alpha value is -8.79. The number of fused-ring (bicyclic) bond motifs is 3. The van der Waals surface area contributed by atoms with Gasteiger partial charge in [-0.3, -0.25) is 0 Å². The van der Waals surface area contributed by atoms with Crippen LogP contribution in [0.4, 0.5) is 32.3 Å². The van der Waals surface area contributed by atoms with Gasteiger partial charge in [0.25, 0.3) is 0 Å². The lowest BCUT2D eigenvalue weighted by molar-refractivity contribution is 0.217. The quantitative estimate of drug-likeness (QED) is 0.0332. The highest BCUT2D eigenvalue weighted by molar-refractivity contribution is 9.10. The normalized spacial score (nSPS) is 15.2. The average Bonchev–Trinajstić information content (AvgIpc) is 0.777. The molecule has 0 atom stereocenters. The van der Waals surface area contributed by atoms with E-state index in [1.165, 1.54) is 132 Å². The van der Waals surface area contributed by atoms with Crippen LogP contribution in [0.25, 0.3) is 55.0 Å². The fourth-order valence-electron chi connectivity index (χ4n) is 12.9. The maximum atomic E-state index is 15.3. The number of methoxy groups -OCH3 is 3. The topological polar surface area (TPSA) is 331 Å². The Morgan fingerprint density at radius 1 is 0.463 bits per heavy atom. The standard InChI is InChI=1S/C29H30ClF2N5O3S.C21H13Cl2F2N3O3S.C13H10BrClFNO3S.C8H5BClFN2O2.C8H18N2.2CH4/c1-37(2)20-10-8-19(9-11-20)34-29-33-15-18-12-17(13-24(32)27(18)36-29)21-14-23(31)25(35-28(21)40-3)16-41(38,39)26-7-5-4-6-22(26)30;1-31-20-13(11-6-12-9-26-21(23)28-19(12)16(25)7-11)8-15(24)17(27-20)10-32(29,30)18-5-3-2-4-14(18)22;1-20-13-8(14)6-10(16)11(17-13)7-21(18,19)12-5-3-2-4-9(12)15;10-8-12-3-4-1-5(9(14)15)2-6(11)7(4)13-8;1-10(2)8-5-3-7(9)4-6-8;;/h4-7,12-15,19-20H,8-11,16H2,1-3H3,(H,33,34,36);2-9H,10H2,1H3;2-6H,7H2,1H3;1-3,14-15H;7-8H,3-6,9H2,1-2H3;2*1H4. The molecule has 40 heteroatoms. The molecule has 0 amide bonds. The first-order valence-corrected chi connectivity index (χ1v) is 43.7. The lowest BCUT2D eigenvalue weighted by atomic mass is 9.80. The van der Waals surface area contributed by atoms with Gasteiger partial charge in [-0.05, 0) is 220 Å². The van der Waals surface area contributed by atoms with Gasteiger partial charge in [-0.2, -0.15) is 0 Å². The van der Waals surface area contributed by atoms with Crippen molar-refractivity contribution in [3.8, 4) is 39.9 Å². The van der Waals surface area contributed by atoms with Gasteiger partial charge in [0.05, 0.1) is 72.6 Å². The summed E-state index contributed by atoms with van der Waals surface area (Å²) in [5, 5.41) is 22.2. The minimum Gasteiger partial charge on any atom is -0.481 e. The molecule has 2 aliphatic rings. The molecule has 6 aromatic heterocycles. The summed E-state index contributed by atoms with van der Waals surface area (Å²) >= 11 is 32.2. The Labute approximate surface area is 730 Å².